The molecule has 1 aromatic carbocycles. The molecule has 0 unspecified atom stereocenters. The standard InChI is InChI=1S/C14H18N2O/c17-14-7-10-16(11-14)13-5-3-12(4-6-13)15-8-1-2-9-15/h3-6H,1-2,7-11H2. The Labute approximate surface area is 102 Å². The summed E-state index contributed by atoms with van der Waals surface area (Å²) in [5.41, 5.74) is 2.50. The molecule has 0 spiro atoms. The summed E-state index contributed by atoms with van der Waals surface area (Å²) < 4.78 is 0. The molecule has 0 amide bonds. The lowest BCUT2D eigenvalue weighted by Crippen LogP contribution is -2.20. The van der Waals surface area contributed by atoms with Crippen molar-refractivity contribution in [1.82, 2.24) is 0 Å². The van der Waals surface area contributed by atoms with Gasteiger partial charge in [-0.15, -0.1) is 0 Å². The van der Waals surface area contributed by atoms with Crippen LogP contribution in [0.15, 0.2) is 24.3 Å². The largest absolute Gasteiger partial charge is 0.372 e. The zero-order valence-electron chi connectivity index (χ0n) is 10.1. The van der Waals surface area contributed by atoms with Gasteiger partial charge >= 0.3 is 0 Å². The van der Waals surface area contributed by atoms with Gasteiger partial charge in [-0.3, -0.25) is 4.79 Å². The van der Waals surface area contributed by atoms with Crippen molar-refractivity contribution >= 4 is 17.2 Å². The molecule has 3 rings (SSSR count). The van der Waals surface area contributed by atoms with Crippen molar-refractivity contribution in [3.8, 4) is 0 Å². The van der Waals surface area contributed by atoms with Crippen molar-refractivity contribution in [1.29, 1.82) is 0 Å². The van der Waals surface area contributed by atoms with Gasteiger partial charge in [-0.25, -0.2) is 0 Å². The minimum Gasteiger partial charge on any atom is -0.372 e. The highest BCUT2D eigenvalue weighted by molar-refractivity contribution is 5.87. The minimum atomic E-state index is 0.355. The molecule has 0 atom stereocenters. The quantitative estimate of drug-likeness (QED) is 0.777. The number of Topliss-reactive ketones (excluding diaryl/α,β-unsaturated/α-hetero) is 1. The number of hydrogen-bond acceptors (Lipinski definition) is 3. The molecule has 3 heteroatoms. The van der Waals surface area contributed by atoms with Gasteiger partial charge in [-0.05, 0) is 37.1 Å². The summed E-state index contributed by atoms with van der Waals surface area (Å²) in [6, 6.07) is 8.66. The van der Waals surface area contributed by atoms with E-state index in [1.807, 2.05) is 0 Å². The third kappa shape index (κ3) is 2.14. The van der Waals surface area contributed by atoms with Gasteiger partial charge < -0.3 is 9.80 Å². The molecule has 2 saturated heterocycles. The number of hydrogen-bond donors (Lipinski definition) is 0. The topological polar surface area (TPSA) is 23.6 Å². The number of ketones is 1. The Morgan fingerprint density at radius 1 is 0.824 bits per heavy atom. The first-order valence-corrected chi connectivity index (χ1v) is 6.44. The summed E-state index contributed by atoms with van der Waals surface area (Å²) in [6.07, 6.45) is 3.32. The van der Waals surface area contributed by atoms with Crippen LogP contribution >= 0.6 is 0 Å². The van der Waals surface area contributed by atoms with E-state index in [-0.39, 0.29) is 0 Å². The molecule has 0 radical (unpaired) electrons. The summed E-state index contributed by atoms with van der Waals surface area (Å²) >= 11 is 0. The average Bonchev–Trinajstić information content (AvgIpc) is 3.00. The second-order valence-corrected chi connectivity index (χ2v) is 4.92. The van der Waals surface area contributed by atoms with Crippen molar-refractivity contribution in [2.24, 2.45) is 0 Å². The number of carbonyl (C=O) groups excluding carboxylic acids is 1. The first kappa shape index (κ1) is 10.6. The second kappa shape index (κ2) is 4.40. The van der Waals surface area contributed by atoms with Crippen LogP contribution in [0.2, 0.25) is 0 Å². The second-order valence-electron chi connectivity index (χ2n) is 4.92. The van der Waals surface area contributed by atoms with Gasteiger partial charge in [0.1, 0.15) is 0 Å². The molecule has 0 bridgehead atoms. The van der Waals surface area contributed by atoms with Crippen LogP contribution in [0.25, 0.3) is 0 Å². The Balaban J connectivity index is 1.73. The first-order chi connectivity index (χ1) is 8.33. The summed E-state index contributed by atoms with van der Waals surface area (Å²) in [4.78, 5) is 15.8. The minimum absolute atomic E-state index is 0.355. The lowest BCUT2D eigenvalue weighted by Gasteiger charge is -2.20. The van der Waals surface area contributed by atoms with Crippen molar-refractivity contribution in [3.05, 3.63) is 24.3 Å². The molecule has 3 nitrogen and oxygen atoms in total. The van der Waals surface area contributed by atoms with Crippen LogP contribution < -0.4 is 9.80 Å². The van der Waals surface area contributed by atoms with E-state index in [1.165, 1.54) is 37.3 Å². The normalized spacial score (nSPS) is 20.4. The number of rotatable bonds is 2. The highest BCUT2D eigenvalue weighted by Crippen LogP contribution is 2.25. The van der Waals surface area contributed by atoms with Gasteiger partial charge in [0.2, 0.25) is 0 Å². The van der Waals surface area contributed by atoms with Gasteiger partial charge in [0, 0.05) is 37.4 Å². The van der Waals surface area contributed by atoms with E-state index in [9.17, 15) is 4.79 Å². The molecular formula is C14H18N2O. The van der Waals surface area contributed by atoms with E-state index in [1.54, 1.807) is 0 Å². The van der Waals surface area contributed by atoms with Gasteiger partial charge in [0.15, 0.2) is 5.78 Å². The third-order valence-corrected chi connectivity index (χ3v) is 3.71. The van der Waals surface area contributed by atoms with Gasteiger partial charge in [-0.2, -0.15) is 0 Å². The Bertz CT molecular complexity index is 407. The molecule has 0 saturated carbocycles. The Hall–Kier alpha value is -1.51. The molecular weight excluding hydrogens is 212 g/mol. The number of carbonyl (C=O) groups is 1. The Morgan fingerprint density at radius 2 is 1.41 bits per heavy atom. The van der Waals surface area contributed by atoms with E-state index < -0.39 is 0 Å². The number of anilines is 2. The van der Waals surface area contributed by atoms with Crippen LogP contribution in [0, 0.1) is 0 Å². The van der Waals surface area contributed by atoms with E-state index in [0.717, 1.165) is 6.54 Å². The maximum absolute atomic E-state index is 11.3. The maximum Gasteiger partial charge on any atom is 0.153 e. The van der Waals surface area contributed by atoms with Gasteiger partial charge in [-0.1, -0.05) is 0 Å². The summed E-state index contributed by atoms with van der Waals surface area (Å²) in [7, 11) is 0. The van der Waals surface area contributed by atoms with Crippen LogP contribution in [0.3, 0.4) is 0 Å². The summed E-state index contributed by atoms with van der Waals surface area (Å²) in [5.74, 6) is 0.355. The Kier molecular flexibility index (Phi) is 2.75. The summed E-state index contributed by atoms with van der Waals surface area (Å²) in [6.45, 7) is 3.83. The van der Waals surface area contributed by atoms with E-state index in [0.29, 0.717) is 18.7 Å². The third-order valence-electron chi connectivity index (χ3n) is 3.71. The van der Waals surface area contributed by atoms with E-state index in [4.69, 9.17) is 0 Å². The molecule has 90 valence electrons. The SMILES string of the molecule is O=C1CCN(c2ccc(N3CCCC3)cc2)C1. The highest BCUT2D eigenvalue weighted by Gasteiger charge is 2.19. The molecule has 2 aliphatic heterocycles. The zero-order chi connectivity index (χ0) is 11.7. The van der Waals surface area contributed by atoms with Crippen LogP contribution in [-0.4, -0.2) is 32.0 Å². The smallest absolute Gasteiger partial charge is 0.153 e. The maximum atomic E-state index is 11.3. The molecule has 2 aliphatic rings. The van der Waals surface area contributed by atoms with Crippen LogP contribution in [0.5, 0.6) is 0 Å². The average molecular weight is 230 g/mol. The molecule has 17 heavy (non-hydrogen) atoms. The van der Waals surface area contributed by atoms with Crippen molar-refractivity contribution in [3.63, 3.8) is 0 Å². The monoisotopic (exact) mass is 230 g/mol. The lowest BCUT2D eigenvalue weighted by molar-refractivity contribution is -0.116. The summed E-state index contributed by atoms with van der Waals surface area (Å²) in [5, 5.41) is 0. The predicted molar refractivity (Wildman–Crippen MR) is 69.7 cm³/mol. The number of nitrogens with zero attached hydrogens (tertiary/aromatic N) is 2. The van der Waals surface area contributed by atoms with Gasteiger partial charge in [0.05, 0.1) is 6.54 Å². The van der Waals surface area contributed by atoms with Crippen LogP contribution in [-0.2, 0) is 4.79 Å². The molecule has 0 N–H and O–H groups in total. The highest BCUT2D eigenvalue weighted by atomic mass is 16.1. The molecule has 2 fully saturated rings. The Morgan fingerprint density at radius 3 is 1.94 bits per heavy atom. The zero-order valence-corrected chi connectivity index (χ0v) is 10.1. The number of benzene rings is 1. The molecule has 1 aromatic rings. The fourth-order valence-corrected chi connectivity index (χ4v) is 2.70. The first-order valence-electron chi connectivity index (χ1n) is 6.44. The predicted octanol–water partition coefficient (Wildman–Crippen LogP) is 2.07. The van der Waals surface area contributed by atoms with E-state index >= 15 is 0 Å². The van der Waals surface area contributed by atoms with Crippen molar-refractivity contribution in [2.75, 3.05) is 36.0 Å². The fraction of sp³-hybridized carbons (Fsp3) is 0.500. The molecule has 0 aromatic heterocycles. The van der Waals surface area contributed by atoms with Crippen molar-refractivity contribution < 1.29 is 4.79 Å². The van der Waals surface area contributed by atoms with E-state index in [2.05, 4.69) is 34.1 Å². The lowest BCUT2D eigenvalue weighted by atomic mass is 10.2. The molecule has 0 aliphatic carbocycles. The van der Waals surface area contributed by atoms with Gasteiger partial charge in [0.25, 0.3) is 0 Å². The van der Waals surface area contributed by atoms with Crippen molar-refractivity contribution in [2.45, 2.75) is 19.3 Å². The van der Waals surface area contributed by atoms with Crippen LogP contribution in [0.4, 0.5) is 11.4 Å². The molecule has 2 heterocycles. The van der Waals surface area contributed by atoms with Crippen LogP contribution in [0.1, 0.15) is 19.3 Å². The fourth-order valence-electron chi connectivity index (χ4n) is 2.70.